The summed E-state index contributed by atoms with van der Waals surface area (Å²) in [4.78, 5) is 23.0. The molecule has 1 aliphatic heterocycles. The van der Waals surface area contributed by atoms with Crippen LogP contribution in [0, 0.1) is 6.92 Å². The summed E-state index contributed by atoms with van der Waals surface area (Å²) >= 11 is 0. The van der Waals surface area contributed by atoms with Gasteiger partial charge in [-0.1, -0.05) is 6.07 Å². The van der Waals surface area contributed by atoms with Crippen LogP contribution in [0.4, 0.5) is 5.69 Å². The van der Waals surface area contributed by atoms with Crippen molar-refractivity contribution in [3.05, 3.63) is 53.6 Å². The number of nitrogens with one attached hydrogen (secondary N) is 1. The van der Waals surface area contributed by atoms with Crippen LogP contribution in [0.15, 0.2) is 36.5 Å². The molecule has 0 radical (unpaired) electrons. The number of amides is 1. The van der Waals surface area contributed by atoms with E-state index in [2.05, 4.69) is 15.3 Å². The highest BCUT2D eigenvalue weighted by molar-refractivity contribution is 5.92. The number of hydrogen-bond acceptors (Lipinski definition) is 5. The zero-order valence-electron chi connectivity index (χ0n) is 13.3. The normalized spacial score (nSPS) is 17.8. The topological polar surface area (TPSA) is 67.4 Å². The monoisotopic (exact) mass is 312 g/mol. The number of rotatable bonds is 3. The van der Waals surface area contributed by atoms with Crippen molar-refractivity contribution in [3.63, 3.8) is 0 Å². The Hall–Kier alpha value is -2.47. The minimum Gasteiger partial charge on any atom is -0.388 e. The largest absolute Gasteiger partial charge is 0.388 e. The smallest absolute Gasteiger partial charge is 0.272 e. The zero-order valence-corrected chi connectivity index (χ0v) is 13.3. The molecule has 6 heteroatoms. The maximum Gasteiger partial charge on any atom is 0.272 e. The summed E-state index contributed by atoms with van der Waals surface area (Å²) in [5, 5.41) is 3.12. The van der Waals surface area contributed by atoms with E-state index in [-0.39, 0.29) is 12.0 Å². The number of carbonyl (C=O) groups excluding carboxylic acids is 1. The van der Waals surface area contributed by atoms with E-state index >= 15 is 0 Å². The quantitative estimate of drug-likeness (QED) is 0.939. The van der Waals surface area contributed by atoms with Crippen LogP contribution in [0.2, 0.25) is 0 Å². The van der Waals surface area contributed by atoms with Gasteiger partial charge >= 0.3 is 0 Å². The van der Waals surface area contributed by atoms with Gasteiger partial charge in [0.1, 0.15) is 11.8 Å². The summed E-state index contributed by atoms with van der Waals surface area (Å²) < 4.78 is 5.83. The molecule has 1 N–H and O–H groups in total. The molecule has 0 spiro atoms. The molecule has 3 rings (SSSR count). The fraction of sp³-hybridized carbons (Fsp3) is 0.353. The Bertz CT molecular complexity index is 690. The van der Waals surface area contributed by atoms with Crippen molar-refractivity contribution in [2.24, 2.45) is 0 Å². The number of aromatic nitrogens is 2. The molecule has 3 heterocycles. The summed E-state index contributed by atoms with van der Waals surface area (Å²) in [6.07, 6.45) is 1.41. The number of nitrogens with zero attached hydrogens (tertiary/aromatic N) is 3. The number of anilines is 1. The molecule has 1 aliphatic rings. The second-order valence-corrected chi connectivity index (χ2v) is 5.50. The molecule has 0 aliphatic carbocycles. The van der Waals surface area contributed by atoms with Crippen LogP contribution in [0.3, 0.4) is 0 Å². The number of ether oxygens (including phenoxy) is 1. The predicted octanol–water partition coefficient (Wildman–Crippen LogP) is 2.04. The maximum absolute atomic E-state index is 12.5. The first-order chi connectivity index (χ1) is 11.2. The molecule has 23 heavy (non-hydrogen) atoms. The summed E-state index contributed by atoms with van der Waals surface area (Å²) in [5.41, 5.74) is 3.21. The van der Waals surface area contributed by atoms with E-state index in [4.69, 9.17) is 4.74 Å². The molecule has 1 amide bonds. The van der Waals surface area contributed by atoms with Gasteiger partial charge in [0.05, 0.1) is 18.8 Å². The van der Waals surface area contributed by atoms with Crippen molar-refractivity contribution in [3.8, 4) is 0 Å². The summed E-state index contributed by atoms with van der Waals surface area (Å²) in [6, 6.07) is 9.29. The van der Waals surface area contributed by atoms with Gasteiger partial charge in [-0.3, -0.25) is 14.8 Å². The number of carbonyl (C=O) groups is 1. The van der Waals surface area contributed by atoms with E-state index in [1.54, 1.807) is 23.2 Å². The van der Waals surface area contributed by atoms with E-state index < -0.39 is 0 Å². The molecule has 2 aromatic rings. The van der Waals surface area contributed by atoms with Crippen LogP contribution in [-0.4, -0.2) is 47.5 Å². The van der Waals surface area contributed by atoms with Gasteiger partial charge in [-0.2, -0.15) is 0 Å². The molecule has 0 unspecified atom stereocenters. The van der Waals surface area contributed by atoms with Crippen LogP contribution in [-0.2, 0) is 4.74 Å². The van der Waals surface area contributed by atoms with E-state index in [9.17, 15) is 4.79 Å². The average molecular weight is 312 g/mol. The van der Waals surface area contributed by atoms with Crippen molar-refractivity contribution in [2.75, 3.05) is 32.1 Å². The lowest BCUT2D eigenvalue weighted by atomic mass is 10.1. The molecular weight excluding hydrogens is 292 g/mol. The lowest BCUT2D eigenvalue weighted by Crippen LogP contribution is -2.42. The molecule has 0 saturated carbocycles. The van der Waals surface area contributed by atoms with Crippen LogP contribution in [0.25, 0.3) is 0 Å². The van der Waals surface area contributed by atoms with Gasteiger partial charge in [0.25, 0.3) is 5.91 Å². The van der Waals surface area contributed by atoms with Gasteiger partial charge in [0.2, 0.25) is 0 Å². The Morgan fingerprint density at radius 2 is 2.26 bits per heavy atom. The van der Waals surface area contributed by atoms with E-state index in [1.807, 2.05) is 32.2 Å². The fourth-order valence-electron chi connectivity index (χ4n) is 2.67. The first-order valence-corrected chi connectivity index (χ1v) is 7.65. The van der Waals surface area contributed by atoms with Gasteiger partial charge in [0, 0.05) is 31.2 Å². The zero-order chi connectivity index (χ0) is 16.2. The SMILES string of the molecule is CNc1cc(C)nc([C@H]2CN(C(=O)c3ccccn3)CCO2)c1. The van der Waals surface area contributed by atoms with Crippen molar-refractivity contribution in [2.45, 2.75) is 13.0 Å². The third-order valence-corrected chi connectivity index (χ3v) is 3.83. The third-order valence-electron chi connectivity index (χ3n) is 3.83. The molecule has 2 aromatic heterocycles. The first-order valence-electron chi connectivity index (χ1n) is 7.65. The summed E-state index contributed by atoms with van der Waals surface area (Å²) in [7, 11) is 1.87. The maximum atomic E-state index is 12.5. The number of pyridine rings is 2. The van der Waals surface area contributed by atoms with Crippen molar-refractivity contribution in [1.29, 1.82) is 0 Å². The predicted molar refractivity (Wildman–Crippen MR) is 87.4 cm³/mol. The fourth-order valence-corrected chi connectivity index (χ4v) is 2.67. The Labute approximate surface area is 135 Å². The Morgan fingerprint density at radius 3 is 3.00 bits per heavy atom. The number of hydrogen-bond donors (Lipinski definition) is 1. The molecule has 0 aromatic carbocycles. The number of morpholine rings is 1. The molecule has 0 bridgehead atoms. The first kappa shape index (κ1) is 15.4. The average Bonchev–Trinajstić information content (AvgIpc) is 2.61. The highest BCUT2D eigenvalue weighted by atomic mass is 16.5. The van der Waals surface area contributed by atoms with Crippen molar-refractivity contribution in [1.82, 2.24) is 14.9 Å². The summed E-state index contributed by atoms with van der Waals surface area (Å²) in [5.74, 6) is -0.0691. The highest BCUT2D eigenvalue weighted by Crippen LogP contribution is 2.24. The molecule has 1 fully saturated rings. The van der Waals surface area contributed by atoms with E-state index in [0.29, 0.717) is 25.4 Å². The van der Waals surface area contributed by atoms with Crippen LogP contribution in [0.5, 0.6) is 0 Å². The summed E-state index contributed by atoms with van der Waals surface area (Å²) in [6.45, 7) is 3.49. The molecular formula is C17H20N4O2. The Kier molecular flexibility index (Phi) is 4.52. The van der Waals surface area contributed by atoms with Gasteiger partial charge in [-0.15, -0.1) is 0 Å². The van der Waals surface area contributed by atoms with Gasteiger partial charge in [-0.25, -0.2) is 0 Å². The Balaban J connectivity index is 1.78. The van der Waals surface area contributed by atoms with Crippen molar-refractivity contribution < 1.29 is 9.53 Å². The standard InChI is InChI=1S/C17H20N4O2/c1-12-9-13(18-2)10-15(20-12)16-11-21(7-8-23-16)17(22)14-5-3-4-6-19-14/h3-6,9-10,16H,7-8,11H2,1-2H3,(H,18,20)/t16-/m1/s1. The van der Waals surface area contributed by atoms with E-state index in [0.717, 1.165) is 17.1 Å². The lowest BCUT2D eigenvalue weighted by Gasteiger charge is -2.32. The van der Waals surface area contributed by atoms with Crippen LogP contribution in [0.1, 0.15) is 28.0 Å². The lowest BCUT2D eigenvalue weighted by molar-refractivity contribution is -0.0249. The van der Waals surface area contributed by atoms with Crippen molar-refractivity contribution >= 4 is 11.6 Å². The van der Waals surface area contributed by atoms with Gasteiger partial charge in [-0.05, 0) is 31.2 Å². The molecule has 1 saturated heterocycles. The van der Waals surface area contributed by atoms with Crippen LogP contribution < -0.4 is 5.32 Å². The Morgan fingerprint density at radius 1 is 1.39 bits per heavy atom. The second-order valence-electron chi connectivity index (χ2n) is 5.50. The molecule has 1 atom stereocenters. The third kappa shape index (κ3) is 3.48. The van der Waals surface area contributed by atoms with Gasteiger partial charge in [0.15, 0.2) is 0 Å². The molecule has 6 nitrogen and oxygen atoms in total. The highest BCUT2D eigenvalue weighted by Gasteiger charge is 2.27. The number of aryl methyl sites for hydroxylation is 1. The van der Waals surface area contributed by atoms with Crippen LogP contribution >= 0.6 is 0 Å². The van der Waals surface area contributed by atoms with Gasteiger partial charge < -0.3 is 15.0 Å². The van der Waals surface area contributed by atoms with E-state index in [1.165, 1.54) is 0 Å². The minimum absolute atomic E-state index is 0.0691. The molecule has 120 valence electrons. The second kappa shape index (κ2) is 6.75. The minimum atomic E-state index is -0.219.